The predicted octanol–water partition coefficient (Wildman–Crippen LogP) is 1.69. The average molecular weight is 184 g/mol. The van der Waals surface area contributed by atoms with Gasteiger partial charge in [-0.05, 0) is 24.7 Å². The Kier molecular flexibility index (Phi) is 3.58. The minimum atomic E-state index is 0.0752. The molecule has 1 saturated heterocycles. The van der Waals surface area contributed by atoms with Crippen molar-refractivity contribution in [3.63, 3.8) is 0 Å². The normalized spacial score (nSPS) is 22.5. The Morgan fingerprint density at radius 2 is 2.31 bits per heavy atom. The number of hydrogen-bond acceptors (Lipinski definition) is 1. The van der Waals surface area contributed by atoms with Crippen molar-refractivity contribution in [3.8, 4) is 0 Å². The minimum Gasteiger partial charge on any atom is -0.341 e. The van der Waals surface area contributed by atoms with Gasteiger partial charge in [-0.1, -0.05) is 13.8 Å². The van der Waals surface area contributed by atoms with Crippen LogP contribution >= 0.6 is 0 Å². The molecule has 3 nitrogen and oxygen atoms in total. The summed E-state index contributed by atoms with van der Waals surface area (Å²) in [5, 5.41) is 2.67. The van der Waals surface area contributed by atoms with Gasteiger partial charge in [-0.2, -0.15) is 0 Å². The fourth-order valence-electron chi connectivity index (χ4n) is 2.03. The second-order valence-corrected chi connectivity index (χ2v) is 4.29. The Morgan fingerprint density at radius 1 is 1.62 bits per heavy atom. The third-order valence-corrected chi connectivity index (χ3v) is 2.59. The molecule has 0 bridgehead atoms. The molecule has 0 aromatic rings. The molecule has 76 valence electrons. The van der Waals surface area contributed by atoms with E-state index in [1.807, 2.05) is 4.90 Å². The van der Waals surface area contributed by atoms with E-state index in [0.717, 1.165) is 24.9 Å². The molecule has 0 radical (unpaired) electrons. The monoisotopic (exact) mass is 184 g/mol. The molecule has 1 aliphatic heterocycles. The molecule has 2 amide bonds. The summed E-state index contributed by atoms with van der Waals surface area (Å²) in [6.45, 7) is 6.35. The van der Waals surface area contributed by atoms with Crippen LogP contribution in [0.15, 0.2) is 0 Å². The number of urea groups is 1. The van der Waals surface area contributed by atoms with Crippen molar-refractivity contribution < 1.29 is 4.79 Å². The summed E-state index contributed by atoms with van der Waals surface area (Å²) in [4.78, 5) is 13.2. The molecule has 1 N–H and O–H groups in total. The van der Waals surface area contributed by atoms with Crippen molar-refractivity contribution in [2.45, 2.75) is 26.7 Å². The molecule has 1 aliphatic rings. The maximum atomic E-state index is 11.3. The van der Waals surface area contributed by atoms with E-state index < -0.39 is 0 Å². The van der Waals surface area contributed by atoms with Gasteiger partial charge >= 0.3 is 6.03 Å². The van der Waals surface area contributed by atoms with Crippen molar-refractivity contribution in [3.05, 3.63) is 0 Å². The van der Waals surface area contributed by atoms with E-state index in [4.69, 9.17) is 0 Å². The number of carbonyl (C=O) groups excluding carboxylic acids is 1. The Balaban J connectivity index is 2.32. The Labute approximate surface area is 80.5 Å². The SMILES string of the molecule is CNC(=O)N1CC[C@@H](CC(C)C)C1. The highest BCUT2D eigenvalue weighted by Gasteiger charge is 2.25. The maximum Gasteiger partial charge on any atom is 0.317 e. The maximum absolute atomic E-state index is 11.3. The lowest BCUT2D eigenvalue weighted by Crippen LogP contribution is -2.36. The van der Waals surface area contributed by atoms with Gasteiger partial charge in [-0.25, -0.2) is 4.79 Å². The number of rotatable bonds is 2. The van der Waals surface area contributed by atoms with Crippen LogP contribution in [0.5, 0.6) is 0 Å². The number of hydrogen-bond donors (Lipinski definition) is 1. The van der Waals surface area contributed by atoms with E-state index in [2.05, 4.69) is 19.2 Å². The van der Waals surface area contributed by atoms with Crippen LogP contribution in [0.4, 0.5) is 4.79 Å². The summed E-state index contributed by atoms with van der Waals surface area (Å²) >= 11 is 0. The lowest BCUT2D eigenvalue weighted by molar-refractivity contribution is 0.208. The minimum absolute atomic E-state index is 0.0752. The molecule has 1 rings (SSSR count). The standard InChI is InChI=1S/C10H20N2O/c1-8(2)6-9-4-5-12(7-9)10(13)11-3/h8-9H,4-7H2,1-3H3,(H,11,13)/t9-/m0/s1. The molecule has 1 atom stereocenters. The molecule has 0 aliphatic carbocycles. The van der Waals surface area contributed by atoms with Gasteiger partial charge < -0.3 is 10.2 Å². The van der Waals surface area contributed by atoms with Crippen molar-refractivity contribution in [1.82, 2.24) is 10.2 Å². The topological polar surface area (TPSA) is 32.3 Å². The highest BCUT2D eigenvalue weighted by Crippen LogP contribution is 2.22. The van der Waals surface area contributed by atoms with Crippen molar-refractivity contribution in [2.24, 2.45) is 11.8 Å². The van der Waals surface area contributed by atoms with Crippen LogP contribution in [-0.4, -0.2) is 31.1 Å². The third-order valence-electron chi connectivity index (χ3n) is 2.59. The van der Waals surface area contributed by atoms with E-state index in [-0.39, 0.29) is 6.03 Å². The van der Waals surface area contributed by atoms with E-state index in [1.165, 1.54) is 12.8 Å². The second kappa shape index (κ2) is 4.49. The predicted molar refractivity (Wildman–Crippen MR) is 53.6 cm³/mol. The summed E-state index contributed by atoms with van der Waals surface area (Å²) in [7, 11) is 1.69. The highest BCUT2D eigenvalue weighted by molar-refractivity contribution is 5.74. The molecule has 0 spiro atoms. The molecule has 1 fully saturated rings. The molecule has 0 aromatic carbocycles. The fraction of sp³-hybridized carbons (Fsp3) is 0.900. The zero-order valence-electron chi connectivity index (χ0n) is 8.84. The van der Waals surface area contributed by atoms with Crippen LogP contribution in [0.3, 0.4) is 0 Å². The smallest absolute Gasteiger partial charge is 0.317 e. The van der Waals surface area contributed by atoms with E-state index in [9.17, 15) is 4.79 Å². The van der Waals surface area contributed by atoms with Crippen molar-refractivity contribution in [2.75, 3.05) is 20.1 Å². The van der Waals surface area contributed by atoms with E-state index in [0.29, 0.717) is 0 Å². The second-order valence-electron chi connectivity index (χ2n) is 4.29. The summed E-state index contributed by atoms with van der Waals surface area (Å²) in [6.07, 6.45) is 2.42. The van der Waals surface area contributed by atoms with E-state index in [1.54, 1.807) is 7.05 Å². The molecule has 13 heavy (non-hydrogen) atoms. The van der Waals surface area contributed by atoms with Crippen LogP contribution in [0.25, 0.3) is 0 Å². The van der Waals surface area contributed by atoms with Crippen LogP contribution in [0.1, 0.15) is 26.7 Å². The Bertz CT molecular complexity index is 180. The van der Waals surface area contributed by atoms with Crippen molar-refractivity contribution >= 4 is 6.03 Å². The van der Waals surface area contributed by atoms with Crippen LogP contribution in [0, 0.1) is 11.8 Å². The van der Waals surface area contributed by atoms with Gasteiger partial charge in [-0.3, -0.25) is 0 Å². The number of amides is 2. The van der Waals surface area contributed by atoms with Gasteiger partial charge in [0.15, 0.2) is 0 Å². The summed E-state index contributed by atoms with van der Waals surface area (Å²) in [5.74, 6) is 1.46. The van der Waals surface area contributed by atoms with Crippen molar-refractivity contribution in [1.29, 1.82) is 0 Å². The first-order valence-corrected chi connectivity index (χ1v) is 5.10. The number of nitrogens with one attached hydrogen (secondary N) is 1. The third kappa shape index (κ3) is 2.90. The number of likely N-dealkylation sites (tertiary alicyclic amines) is 1. The van der Waals surface area contributed by atoms with Gasteiger partial charge in [-0.15, -0.1) is 0 Å². The first-order chi connectivity index (χ1) is 6.13. The summed E-state index contributed by atoms with van der Waals surface area (Å²) in [6, 6.07) is 0.0752. The van der Waals surface area contributed by atoms with Gasteiger partial charge in [0.2, 0.25) is 0 Å². The first kappa shape index (κ1) is 10.4. The fourth-order valence-corrected chi connectivity index (χ4v) is 2.03. The molecule has 0 saturated carbocycles. The molecule has 3 heteroatoms. The Morgan fingerprint density at radius 3 is 2.85 bits per heavy atom. The first-order valence-electron chi connectivity index (χ1n) is 5.10. The molecular formula is C10H20N2O. The van der Waals surface area contributed by atoms with E-state index >= 15 is 0 Å². The average Bonchev–Trinajstić information content (AvgIpc) is 2.50. The molecule has 1 heterocycles. The van der Waals surface area contributed by atoms with Gasteiger partial charge in [0.05, 0.1) is 0 Å². The number of carbonyl (C=O) groups is 1. The molecule has 0 unspecified atom stereocenters. The Hall–Kier alpha value is -0.730. The highest BCUT2D eigenvalue weighted by atomic mass is 16.2. The van der Waals surface area contributed by atoms with Gasteiger partial charge in [0.1, 0.15) is 0 Å². The quantitative estimate of drug-likeness (QED) is 0.696. The van der Waals surface area contributed by atoms with Crippen LogP contribution in [-0.2, 0) is 0 Å². The molecular weight excluding hydrogens is 164 g/mol. The lowest BCUT2D eigenvalue weighted by Gasteiger charge is -2.16. The lowest BCUT2D eigenvalue weighted by atomic mass is 9.97. The molecule has 0 aromatic heterocycles. The number of nitrogens with zero attached hydrogens (tertiary/aromatic N) is 1. The largest absolute Gasteiger partial charge is 0.341 e. The summed E-state index contributed by atoms with van der Waals surface area (Å²) in [5.41, 5.74) is 0. The van der Waals surface area contributed by atoms with Gasteiger partial charge in [0, 0.05) is 20.1 Å². The van der Waals surface area contributed by atoms with Crippen LogP contribution in [0.2, 0.25) is 0 Å². The van der Waals surface area contributed by atoms with Gasteiger partial charge in [0.25, 0.3) is 0 Å². The summed E-state index contributed by atoms with van der Waals surface area (Å²) < 4.78 is 0. The zero-order chi connectivity index (χ0) is 9.84. The van der Waals surface area contributed by atoms with Crippen LogP contribution < -0.4 is 5.32 Å². The zero-order valence-corrected chi connectivity index (χ0v) is 8.84.